The van der Waals surface area contributed by atoms with Crippen molar-refractivity contribution in [2.24, 2.45) is 5.92 Å². The molecule has 6 nitrogen and oxygen atoms in total. The maximum atomic E-state index is 13.6. The Balaban J connectivity index is 0.00000267. The number of hydrogen-bond acceptors (Lipinski definition) is 5. The predicted octanol–water partition coefficient (Wildman–Crippen LogP) is 6.03. The van der Waals surface area contributed by atoms with E-state index in [9.17, 15) is 4.39 Å². The number of aryl methyl sites for hydroxylation is 2. The summed E-state index contributed by atoms with van der Waals surface area (Å²) in [5.41, 5.74) is 8.17. The minimum Gasteiger partial charge on any atom is -0.497 e. The minimum absolute atomic E-state index is 0. The van der Waals surface area contributed by atoms with Crippen molar-refractivity contribution in [3.05, 3.63) is 76.4 Å². The van der Waals surface area contributed by atoms with E-state index in [-0.39, 0.29) is 18.2 Å². The average molecular weight is 509 g/mol. The molecular weight excluding hydrogens is 479 g/mol. The number of benzene rings is 2. The number of hydrogen-bond donors (Lipinski definition) is 0. The van der Waals surface area contributed by atoms with Crippen LogP contribution in [0.4, 0.5) is 10.2 Å². The topological polar surface area (TPSA) is 51.9 Å². The Bertz CT molecular complexity index is 1420. The summed E-state index contributed by atoms with van der Waals surface area (Å²) in [7, 11) is 1.68. The molecule has 2 aliphatic rings. The van der Waals surface area contributed by atoms with Crippen molar-refractivity contribution in [2.45, 2.75) is 46.4 Å². The number of ether oxygens (including phenoxy) is 2. The van der Waals surface area contributed by atoms with Crippen LogP contribution in [0, 0.1) is 25.6 Å². The van der Waals surface area contributed by atoms with Gasteiger partial charge in [-0.05, 0) is 73.6 Å². The Labute approximate surface area is 216 Å². The molecule has 1 fully saturated rings. The van der Waals surface area contributed by atoms with Gasteiger partial charge in [0.2, 0.25) is 0 Å². The number of aromatic nitrogens is 3. The second-order valence-corrected chi connectivity index (χ2v) is 9.68. The van der Waals surface area contributed by atoms with E-state index in [0.717, 1.165) is 63.0 Å². The Morgan fingerprint density at radius 2 is 1.89 bits per heavy atom. The van der Waals surface area contributed by atoms with Crippen LogP contribution in [0.5, 0.6) is 5.75 Å². The van der Waals surface area contributed by atoms with Gasteiger partial charge in [0.1, 0.15) is 17.4 Å². The van der Waals surface area contributed by atoms with Crippen molar-refractivity contribution in [1.29, 1.82) is 0 Å². The van der Waals surface area contributed by atoms with Gasteiger partial charge in [-0.15, -0.1) is 12.4 Å². The zero-order valence-electron chi connectivity index (χ0n) is 20.8. The Hall–Kier alpha value is -3.16. The maximum absolute atomic E-state index is 13.6. The fourth-order valence-electron chi connectivity index (χ4n) is 5.07. The molecule has 0 radical (unpaired) electrons. The molecule has 1 aliphatic carbocycles. The monoisotopic (exact) mass is 508 g/mol. The molecule has 8 heteroatoms. The number of anilines is 1. The molecule has 0 amide bonds. The molecule has 1 aliphatic heterocycles. The van der Waals surface area contributed by atoms with Crippen molar-refractivity contribution in [3.8, 4) is 16.9 Å². The summed E-state index contributed by atoms with van der Waals surface area (Å²) in [4.78, 5) is 7.45. The summed E-state index contributed by atoms with van der Waals surface area (Å²) in [6.45, 7) is 6.76. The highest BCUT2D eigenvalue weighted by atomic mass is 35.5. The summed E-state index contributed by atoms with van der Waals surface area (Å²) in [5, 5.41) is 5.02. The van der Waals surface area contributed by atoms with Gasteiger partial charge in [0.15, 0.2) is 5.65 Å². The Kier molecular flexibility index (Phi) is 6.62. The molecule has 4 aromatic rings. The Morgan fingerprint density at radius 1 is 1.11 bits per heavy atom. The highest BCUT2D eigenvalue weighted by Gasteiger charge is 2.31. The van der Waals surface area contributed by atoms with E-state index >= 15 is 0 Å². The molecule has 2 aromatic carbocycles. The van der Waals surface area contributed by atoms with E-state index < -0.39 is 0 Å². The van der Waals surface area contributed by atoms with Crippen molar-refractivity contribution < 1.29 is 13.9 Å². The zero-order valence-corrected chi connectivity index (χ0v) is 21.6. The van der Waals surface area contributed by atoms with Gasteiger partial charge in [-0.2, -0.15) is 9.61 Å². The van der Waals surface area contributed by atoms with Crippen LogP contribution in [0.1, 0.15) is 40.9 Å². The molecule has 1 saturated carbocycles. The minimum atomic E-state index is -0.217. The third-order valence-electron chi connectivity index (χ3n) is 7.05. The third kappa shape index (κ3) is 4.42. The van der Waals surface area contributed by atoms with Gasteiger partial charge < -0.3 is 14.4 Å². The molecule has 0 unspecified atom stereocenters. The largest absolute Gasteiger partial charge is 0.497 e. The van der Waals surface area contributed by atoms with Gasteiger partial charge in [-0.1, -0.05) is 18.2 Å². The third-order valence-corrected chi connectivity index (χ3v) is 7.05. The zero-order chi connectivity index (χ0) is 24.1. The molecule has 0 saturated heterocycles. The fraction of sp³-hybridized carbons (Fsp3) is 0.357. The lowest BCUT2D eigenvalue weighted by Gasteiger charge is -2.27. The lowest BCUT2D eigenvalue weighted by atomic mass is 10.0. The normalized spacial score (nSPS) is 14.6. The summed E-state index contributed by atoms with van der Waals surface area (Å²) < 4.78 is 26.9. The summed E-state index contributed by atoms with van der Waals surface area (Å²) in [6.07, 6.45) is 2.47. The van der Waals surface area contributed by atoms with Crippen LogP contribution in [0.3, 0.4) is 0 Å². The molecule has 0 atom stereocenters. The molecule has 0 N–H and O–H groups in total. The number of rotatable bonds is 7. The highest BCUT2D eigenvalue weighted by Crippen LogP contribution is 2.39. The van der Waals surface area contributed by atoms with Crippen LogP contribution in [0.15, 0.2) is 42.5 Å². The van der Waals surface area contributed by atoms with Gasteiger partial charge >= 0.3 is 0 Å². The van der Waals surface area contributed by atoms with E-state index in [2.05, 4.69) is 17.9 Å². The first-order chi connectivity index (χ1) is 17.0. The van der Waals surface area contributed by atoms with Crippen LogP contribution in [-0.4, -0.2) is 28.3 Å². The number of methoxy groups -OCH3 is 1. The average Bonchev–Trinajstić information content (AvgIpc) is 3.44. The molecular formula is C28H30ClFN4O2. The first-order valence-corrected chi connectivity index (χ1v) is 12.1. The van der Waals surface area contributed by atoms with Crippen molar-refractivity contribution in [1.82, 2.24) is 14.6 Å². The van der Waals surface area contributed by atoms with E-state index in [1.54, 1.807) is 7.11 Å². The van der Waals surface area contributed by atoms with Crippen molar-refractivity contribution >= 4 is 23.9 Å². The Morgan fingerprint density at radius 3 is 2.58 bits per heavy atom. The van der Waals surface area contributed by atoms with Gasteiger partial charge in [0.05, 0.1) is 31.7 Å². The van der Waals surface area contributed by atoms with E-state index in [4.69, 9.17) is 19.6 Å². The number of fused-ring (bicyclic) bond motifs is 2. The number of halogens is 2. The van der Waals surface area contributed by atoms with Gasteiger partial charge in [0.25, 0.3) is 0 Å². The quantitative estimate of drug-likeness (QED) is 0.305. The standard InChI is InChI=1S/C28H29FN4O2.ClH/c1-17-12-22(34-3)10-11-23(17)26-18(2)31-33-27(26)30-25-16-35-15-24(25)28(33)32(13-19-4-5-19)14-20-6-8-21(29)9-7-20;/h6-12,19H,4-5,13-16H2,1-3H3;1H. The van der Waals surface area contributed by atoms with Crippen LogP contribution >= 0.6 is 12.4 Å². The van der Waals surface area contributed by atoms with Gasteiger partial charge in [0, 0.05) is 24.2 Å². The first kappa shape index (κ1) is 24.5. The van der Waals surface area contributed by atoms with E-state index in [1.165, 1.54) is 25.0 Å². The van der Waals surface area contributed by atoms with Crippen molar-refractivity contribution in [3.63, 3.8) is 0 Å². The van der Waals surface area contributed by atoms with Gasteiger partial charge in [-0.3, -0.25) is 0 Å². The second-order valence-electron chi connectivity index (χ2n) is 9.68. The summed E-state index contributed by atoms with van der Waals surface area (Å²) in [6, 6.07) is 12.9. The van der Waals surface area contributed by atoms with Gasteiger partial charge in [-0.25, -0.2) is 9.37 Å². The fourth-order valence-corrected chi connectivity index (χ4v) is 5.07. The molecule has 36 heavy (non-hydrogen) atoms. The SMILES string of the molecule is COc1ccc(-c2c(C)nn3c(N(Cc4ccc(F)cc4)CC4CC4)c4c(nc23)COC4)c(C)c1.Cl. The van der Waals surface area contributed by atoms with Crippen LogP contribution in [0.25, 0.3) is 16.8 Å². The lowest BCUT2D eigenvalue weighted by Crippen LogP contribution is -2.29. The van der Waals surface area contributed by atoms with Crippen LogP contribution < -0.4 is 9.64 Å². The lowest BCUT2D eigenvalue weighted by molar-refractivity contribution is 0.133. The predicted molar refractivity (Wildman–Crippen MR) is 140 cm³/mol. The van der Waals surface area contributed by atoms with E-state index in [0.29, 0.717) is 25.7 Å². The van der Waals surface area contributed by atoms with Crippen LogP contribution in [0.2, 0.25) is 0 Å². The number of nitrogens with zero attached hydrogens (tertiary/aromatic N) is 4. The van der Waals surface area contributed by atoms with Crippen LogP contribution in [-0.2, 0) is 24.5 Å². The summed E-state index contributed by atoms with van der Waals surface area (Å²) in [5.74, 6) is 2.32. The molecule has 0 bridgehead atoms. The smallest absolute Gasteiger partial charge is 0.165 e. The highest BCUT2D eigenvalue weighted by molar-refractivity contribution is 5.85. The van der Waals surface area contributed by atoms with E-state index in [1.807, 2.05) is 35.7 Å². The first-order valence-electron chi connectivity index (χ1n) is 12.1. The second kappa shape index (κ2) is 9.71. The van der Waals surface area contributed by atoms with Crippen molar-refractivity contribution in [2.75, 3.05) is 18.6 Å². The molecule has 3 heterocycles. The molecule has 188 valence electrons. The molecule has 0 spiro atoms. The molecule has 2 aromatic heterocycles. The molecule has 6 rings (SSSR count). The maximum Gasteiger partial charge on any atom is 0.165 e. The summed E-state index contributed by atoms with van der Waals surface area (Å²) >= 11 is 0.